The highest BCUT2D eigenvalue weighted by Gasteiger charge is 2.17. The number of nitrogens with one attached hydrogen (secondary N) is 1. The molecule has 106 valence electrons. The predicted molar refractivity (Wildman–Crippen MR) is 77.9 cm³/mol. The van der Waals surface area contributed by atoms with Crippen molar-refractivity contribution in [1.29, 1.82) is 0 Å². The van der Waals surface area contributed by atoms with Crippen LogP contribution in [0.2, 0.25) is 10.0 Å². The van der Waals surface area contributed by atoms with Gasteiger partial charge in [0.05, 0.1) is 18.1 Å². The zero-order chi connectivity index (χ0) is 14.5. The van der Waals surface area contributed by atoms with E-state index in [1.54, 1.807) is 18.2 Å². The second kappa shape index (κ2) is 6.98. The molecular formula is C13H18Cl2N2O2. The Morgan fingerprint density at radius 1 is 1.42 bits per heavy atom. The predicted octanol–water partition coefficient (Wildman–Crippen LogP) is 2.62. The van der Waals surface area contributed by atoms with Crippen molar-refractivity contribution in [2.75, 3.05) is 13.2 Å². The Morgan fingerprint density at radius 2 is 2.11 bits per heavy atom. The van der Waals surface area contributed by atoms with Gasteiger partial charge in [0.2, 0.25) is 5.91 Å². The van der Waals surface area contributed by atoms with Crippen molar-refractivity contribution in [3.63, 3.8) is 0 Å². The lowest BCUT2D eigenvalue weighted by atomic mass is 10.1. The first-order valence-corrected chi connectivity index (χ1v) is 6.68. The molecule has 0 saturated carbocycles. The van der Waals surface area contributed by atoms with Gasteiger partial charge in [-0.1, -0.05) is 23.2 Å². The van der Waals surface area contributed by atoms with Gasteiger partial charge in [0.25, 0.3) is 0 Å². The van der Waals surface area contributed by atoms with E-state index in [1.807, 2.05) is 13.8 Å². The Labute approximate surface area is 123 Å². The Balaban J connectivity index is 2.40. The Kier molecular flexibility index (Phi) is 5.91. The summed E-state index contributed by atoms with van der Waals surface area (Å²) < 4.78 is 5.43. The number of hydrogen-bond donors (Lipinski definition) is 2. The molecule has 0 unspecified atom stereocenters. The smallest absolute Gasteiger partial charge is 0.223 e. The van der Waals surface area contributed by atoms with Gasteiger partial charge < -0.3 is 15.8 Å². The van der Waals surface area contributed by atoms with Gasteiger partial charge >= 0.3 is 0 Å². The number of nitrogens with two attached hydrogens (primary N) is 1. The van der Waals surface area contributed by atoms with E-state index in [0.29, 0.717) is 22.3 Å². The molecule has 0 aromatic heterocycles. The molecule has 0 aliphatic rings. The SMILES string of the molecule is CC(C)(CN)NC(=O)CCOc1ccc(Cl)cc1Cl. The van der Waals surface area contributed by atoms with Crippen molar-refractivity contribution >= 4 is 29.1 Å². The molecule has 0 atom stereocenters. The van der Waals surface area contributed by atoms with Gasteiger partial charge in [0, 0.05) is 17.1 Å². The van der Waals surface area contributed by atoms with E-state index in [-0.39, 0.29) is 18.9 Å². The van der Waals surface area contributed by atoms with Crippen LogP contribution in [0.25, 0.3) is 0 Å². The number of carbonyl (C=O) groups is 1. The maximum Gasteiger partial charge on any atom is 0.223 e. The molecule has 3 N–H and O–H groups in total. The van der Waals surface area contributed by atoms with E-state index >= 15 is 0 Å². The van der Waals surface area contributed by atoms with Gasteiger partial charge in [-0.15, -0.1) is 0 Å². The molecule has 0 radical (unpaired) electrons. The van der Waals surface area contributed by atoms with Gasteiger partial charge in [0.1, 0.15) is 5.75 Å². The Bertz CT molecular complexity index is 450. The van der Waals surface area contributed by atoms with E-state index in [2.05, 4.69) is 5.32 Å². The normalized spacial score (nSPS) is 11.2. The molecule has 1 aromatic carbocycles. The van der Waals surface area contributed by atoms with Crippen LogP contribution in [-0.2, 0) is 4.79 Å². The molecule has 0 bridgehead atoms. The molecule has 0 fully saturated rings. The van der Waals surface area contributed by atoms with E-state index in [1.165, 1.54) is 0 Å². The van der Waals surface area contributed by atoms with Crippen molar-refractivity contribution in [2.45, 2.75) is 25.8 Å². The molecule has 1 rings (SSSR count). The molecule has 6 heteroatoms. The molecule has 4 nitrogen and oxygen atoms in total. The number of halogens is 2. The summed E-state index contributed by atoms with van der Waals surface area (Å²) in [7, 11) is 0. The first-order valence-electron chi connectivity index (χ1n) is 5.93. The molecule has 1 amide bonds. The fourth-order valence-corrected chi connectivity index (χ4v) is 1.80. The van der Waals surface area contributed by atoms with Gasteiger partial charge in [-0.3, -0.25) is 4.79 Å². The quantitative estimate of drug-likeness (QED) is 0.849. The zero-order valence-corrected chi connectivity index (χ0v) is 12.5. The summed E-state index contributed by atoms with van der Waals surface area (Å²) in [6.45, 7) is 4.35. The zero-order valence-electron chi connectivity index (χ0n) is 11.0. The van der Waals surface area contributed by atoms with Crippen LogP contribution >= 0.6 is 23.2 Å². The molecule has 0 saturated heterocycles. The molecule has 0 heterocycles. The summed E-state index contributed by atoms with van der Waals surface area (Å²) in [4.78, 5) is 11.6. The van der Waals surface area contributed by atoms with Gasteiger partial charge in [-0.2, -0.15) is 0 Å². The van der Waals surface area contributed by atoms with Gasteiger partial charge in [-0.25, -0.2) is 0 Å². The lowest BCUT2D eigenvalue weighted by Gasteiger charge is -2.24. The fraction of sp³-hybridized carbons (Fsp3) is 0.462. The molecule has 0 aliphatic heterocycles. The number of amides is 1. The first kappa shape index (κ1) is 16.1. The third kappa shape index (κ3) is 5.68. The molecule has 0 aliphatic carbocycles. The number of rotatable bonds is 6. The summed E-state index contributed by atoms with van der Waals surface area (Å²) in [5.74, 6) is 0.400. The Morgan fingerprint density at radius 3 is 2.68 bits per heavy atom. The number of ether oxygens (including phenoxy) is 1. The van der Waals surface area contributed by atoms with E-state index < -0.39 is 5.54 Å². The average molecular weight is 305 g/mol. The molecule has 0 spiro atoms. The minimum Gasteiger partial charge on any atom is -0.491 e. The second-order valence-corrected chi connectivity index (χ2v) is 5.65. The monoisotopic (exact) mass is 304 g/mol. The fourth-order valence-electron chi connectivity index (χ4n) is 1.34. The second-order valence-electron chi connectivity index (χ2n) is 4.81. The van der Waals surface area contributed by atoms with Crippen molar-refractivity contribution < 1.29 is 9.53 Å². The highest BCUT2D eigenvalue weighted by Crippen LogP contribution is 2.27. The van der Waals surface area contributed by atoms with Crippen molar-refractivity contribution in [3.05, 3.63) is 28.2 Å². The average Bonchev–Trinajstić information content (AvgIpc) is 2.31. The minimum absolute atomic E-state index is 0.111. The van der Waals surface area contributed by atoms with Gasteiger partial charge in [0.15, 0.2) is 0 Å². The number of hydrogen-bond acceptors (Lipinski definition) is 3. The van der Waals surface area contributed by atoms with Crippen LogP contribution in [0.5, 0.6) is 5.75 Å². The third-order valence-corrected chi connectivity index (χ3v) is 3.00. The maximum absolute atomic E-state index is 11.6. The highest BCUT2D eigenvalue weighted by molar-refractivity contribution is 6.35. The van der Waals surface area contributed by atoms with Crippen LogP contribution in [0.3, 0.4) is 0 Å². The van der Waals surface area contributed by atoms with Crippen LogP contribution in [0.15, 0.2) is 18.2 Å². The molecule has 19 heavy (non-hydrogen) atoms. The minimum atomic E-state index is -0.408. The van der Waals surface area contributed by atoms with Crippen LogP contribution in [-0.4, -0.2) is 24.6 Å². The standard InChI is InChI=1S/C13H18Cl2N2O2/c1-13(2,8-16)17-12(18)5-6-19-11-4-3-9(14)7-10(11)15/h3-4,7H,5-6,8,16H2,1-2H3,(H,17,18). The van der Waals surface area contributed by atoms with Crippen molar-refractivity contribution in [2.24, 2.45) is 5.73 Å². The summed E-state index contributed by atoms with van der Waals surface area (Å²) >= 11 is 11.7. The molecular weight excluding hydrogens is 287 g/mol. The van der Waals surface area contributed by atoms with Gasteiger partial charge in [-0.05, 0) is 32.0 Å². The van der Waals surface area contributed by atoms with Crippen LogP contribution in [0.4, 0.5) is 0 Å². The third-order valence-electron chi connectivity index (χ3n) is 2.47. The lowest BCUT2D eigenvalue weighted by molar-refractivity contribution is -0.123. The summed E-state index contributed by atoms with van der Waals surface area (Å²) in [5, 5.41) is 3.79. The largest absolute Gasteiger partial charge is 0.491 e. The Hall–Kier alpha value is -0.970. The number of benzene rings is 1. The van der Waals surface area contributed by atoms with E-state index in [0.717, 1.165) is 0 Å². The summed E-state index contributed by atoms with van der Waals surface area (Å²) in [6.07, 6.45) is 0.238. The topological polar surface area (TPSA) is 64.3 Å². The highest BCUT2D eigenvalue weighted by atomic mass is 35.5. The summed E-state index contributed by atoms with van der Waals surface area (Å²) in [5.41, 5.74) is 5.12. The van der Waals surface area contributed by atoms with Crippen LogP contribution < -0.4 is 15.8 Å². The first-order chi connectivity index (χ1) is 8.84. The van der Waals surface area contributed by atoms with Crippen molar-refractivity contribution in [1.82, 2.24) is 5.32 Å². The van der Waals surface area contributed by atoms with E-state index in [9.17, 15) is 4.79 Å². The molecule has 1 aromatic rings. The number of carbonyl (C=O) groups excluding carboxylic acids is 1. The maximum atomic E-state index is 11.6. The van der Waals surface area contributed by atoms with Crippen molar-refractivity contribution in [3.8, 4) is 5.75 Å². The van der Waals surface area contributed by atoms with Crippen LogP contribution in [0.1, 0.15) is 20.3 Å². The lowest BCUT2D eigenvalue weighted by Crippen LogP contribution is -2.49. The van der Waals surface area contributed by atoms with Crippen LogP contribution in [0, 0.1) is 0 Å². The van der Waals surface area contributed by atoms with E-state index in [4.69, 9.17) is 33.7 Å². The summed E-state index contributed by atoms with van der Waals surface area (Å²) in [6, 6.07) is 4.95.